The van der Waals surface area contributed by atoms with E-state index in [0.717, 1.165) is 9.65 Å². The molecule has 0 saturated carbocycles. The minimum atomic E-state index is -0.383. The zero-order valence-corrected chi connectivity index (χ0v) is 11.7. The predicted molar refractivity (Wildman–Crippen MR) is 76.0 cm³/mol. The number of halogens is 2. The Balaban J connectivity index is 2.53. The van der Waals surface area contributed by atoms with Gasteiger partial charge in [-0.15, -0.1) is 0 Å². The topological polar surface area (TPSA) is 58.2 Å². The SMILES string of the molecule is C=CC(=O)NCC(=O)Nc1ccc(Cl)c(I)c1. The summed E-state index contributed by atoms with van der Waals surface area (Å²) >= 11 is 7.92. The van der Waals surface area contributed by atoms with Gasteiger partial charge in [-0.05, 0) is 46.9 Å². The smallest absolute Gasteiger partial charge is 0.243 e. The van der Waals surface area contributed by atoms with Crippen LogP contribution >= 0.6 is 34.2 Å². The van der Waals surface area contributed by atoms with Gasteiger partial charge in [0.05, 0.1) is 11.6 Å². The molecule has 0 unspecified atom stereocenters. The molecule has 0 atom stereocenters. The Morgan fingerprint density at radius 3 is 2.76 bits per heavy atom. The fourth-order valence-electron chi connectivity index (χ4n) is 1.02. The lowest BCUT2D eigenvalue weighted by Gasteiger charge is -2.06. The maximum Gasteiger partial charge on any atom is 0.243 e. The summed E-state index contributed by atoms with van der Waals surface area (Å²) in [6.45, 7) is 3.19. The first kappa shape index (κ1) is 14.0. The van der Waals surface area contributed by atoms with E-state index in [-0.39, 0.29) is 18.4 Å². The summed E-state index contributed by atoms with van der Waals surface area (Å²) in [5.74, 6) is -0.691. The van der Waals surface area contributed by atoms with Crippen molar-refractivity contribution < 1.29 is 9.59 Å². The van der Waals surface area contributed by atoms with Crippen LogP contribution in [-0.2, 0) is 9.59 Å². The molecule has 1 aromatic rings. The Morgan fingerprint density at radius 2 is 2.18 bits per heavy atom. The molecule has 0 saturated heterocycles. The van der Waals surface area contributed by atoms with Gasteiger partial charge in [-0.3, -0.25) is 9.59 Å². The molecule has 0 fully saturated rings. The molecular formula is C11H10ClIN2O2. The van der Waals surface area contributed by atoms with E-state index in [1.807, 2.05) is 0 Å². The molecule has 0 aliphatic rings. The lowest BCUT2D eigenvalue weighted by molar-refractivity contribution is -0.121. The number of hydrogen-bond donors (Lipinski definition) is 2. The molecule has 2 amide bonds. The van der Waals surface area contributed by atoms with Gasteiger partial charge in [0.2, 0.25) is 11.8 Å². The Labute approximate surface area is 118 Å². The first-order valence-electron chi connectivity index (χ1n) is 4.68. The Hall–Kier alpha value is -1.08. The summed E-state index contributed by atoms with van der Waals surface area (Å²) in [4.78, 5) is 22.3. The van der Waals surface area contributed by atoms with Gasteiger partial charge < -0.3 is 10.6 Å². The number of amides is 2. The van der Waals surface area contributed by atoms with Gasteiger partial charge in [-0.2, -0.15) is 0 Å². The Kier molecular flexibility index (Phi) is 5.43. The quantitative estimate of drug-likeness (QED) is 0.635. The Morgan fingerprint density at radius 1 is 1.47 bits per heavy atom. The van der Waals surface area contributed by atoms with Crippen LogP contribution in [0.1, 0.15) is 0 Å². The maximum atomic E-state index is 11.4. The Bertz CT molecular complexity index is 463. The molecule has 0 aliphatic carbocycles. The largest absolute Gasteiger partial charge is 0.343 e. The van der Waals surface area contributed by atoms with Gasteiger partial charge in [0.1, 0.15) is 0 Å². The van der Waals surface area contributed by atoms with Crippen LogP contribution in [0.2, 0.25) is 5.02 Å². The summed E-state index contributed by atoms with van der Waals surface area (Å²) in [6.07, 6.45) is 1.11. The first-order valence-corrected chi connectivity index (χ1v) is 6.13. The molecule has 17 heavy (non-hydrogen) atoms. The van der Waals surface area contributed by atoms with Crippen LogP contribution in [0.15, 0.2) is 30.9 Å². The van der Waals surface area contributed by atoms with Gasteiger partial charge >= 0.3 is 0 Å². The third kappa shape index (κ3) is 4.74. The molecule has 4 nitrogen and oxygen atoms in total. The molecule has 0 radical (unpaired) electrons. The van der Waals surface area contributed by atoms with Crippen molar-refractivity contribution in [2.45, 2.75) is 0 Å². The average Bonchev–Trinajstić information content (AvgIpc) is 2.31. The van der Waals surface area contributed by atoms with E-state index in [0.29, 0.717) is 10.7 Å². The van der Waals surface area contributed by atoms with E-state index >= 15 is 0 Å². The van der Waals surface area contributed by atoms with Crippen molar-refractivity contribution in [3.63, 3.8) is 0 Å². The highest BCUT2D eigenvalue weighted by atomic mass is 127. The molecule has 0 heterocycles. The van der Waals surface area contributed by atoms with Crippen LogP contribution in [0, 0.1) is 3.57 Å². The fourth-order valence-corrected chi connectivity index (χ4v) is 1.65. The number of benzene rings is 1. The fraction of sp³-hybridized carbons (Fsp3) is 0.0909. The number of hydrogen-bond acceptors (Lipinski definition) is 2. The molecule has 0 aromatic heterocycles. The van der Waals surface area contributed by atoms with Gasteiger partial charge in [0.15, 0.2) is 0 Å². The van der Waals surface area contributed by atoms with Crippen molar-refractivity contribution in [1.29, 1.82) is 0 Å². The number of anilines is 1. The highest BCUT2D eigenvalue weighted by molar-refractivity contribution is 14.1. The highest BCUT2D eigenvalue weighted by Gasteiger charge is 2.05. The van der Waals surface area contributed by atoms with Crippen LogP contribution in [0.4, 0.5) is 5.69 Å². The summed E-state index contributed by atoms with van der Waals surface area (Å²) < 4.78 is 0.845. The minimum Gasteiger partial charge on any atom is -0.343 e. The highest BCUT2D eigenvalue weighted by Crippen LogP contribution is 2.21. The van der Waals surface area contributed by atoms with E-state index < -0.39 is 0 Å². The van der Waals surface area contributed by atoms with E-state index in [4.69, 9.17) is 11.6 Å². The van der Waals surface area contributed by atoms with Gasteiger partial charge in [-0.1, -0.05) is 18.2 Å². The summed E-state index contributed by atoms with van der Waals surface area (Å²) in [5, 5.41) is 5.65. The van der Waals surface area contributed by atoms with Gasteiger partial charge in [-0.25, -0.2) is 0 Å². The van der Waals surface area contributed by atoms with Crippen LogP contribution in [0.3, 0.4) is 0 Å². The molecule has 6 heteroatoms. The maximum absolute atomic E-state index is 11.4. The number of nitrogens with one attached hydrogen (secondary N) is 2. The van der Waals surface area contributed by atoms with Crippen molar-refractivity contribution >= 4 is 51.7 Å². The zero-order valence-electron chi connectivity index (χ0n) is 8.80. The molecule has 90 valence electrons. The summed E-state index contributed by atoms with van der Waals surface area (Å²) in [5.41, 5.74) is 0.636. The second kappa shape index (κ2) is 6.61. The molecule has 0 spiro atoms. The monoisotopic (exact) mass is 364 g/mol. The standard InChI is InChI=1S/C11H10ClIN2O2/c1-2-10(16)14-6-11(17)15-7-3-4-8(12)9(13)5-7/h2-5H,1,6H2,(H,14,16)(H,15,17). The minimum absolute atomic E-state index is 0.0932. The summed E-state index contributed by atoms with van der Waals surface area (Å²) in [6, 6.07) is 5.13. The second-order valence-electron chi connectivity index (χ2n) is 3.10. The van der Waals surface area contributed by atoms with Crippen molar-refractivity contribution in [3.8, 4) is 0 Å². The van der Waals surface area contributed by atoms with Crippen LogP contribution in [0.25, 0.3) is 0 Å². The van der Waals surface area contributed by atoms with E-state index in [9.17, 15) is 9.59 Å². The third-order valence-electron chi connectivity index (χ3n) is 1.81. The molecular weight excluding hydrogens is 354 g/mol. The molecule has 1 aromatic carbocycles. The van der Waals surface area contributed by atoms with Crippen LogP contribution < -0.4 is 10.6 Å². The van der Waals surface area contributed by atoms with Crippen molar-refractivity contribution in [2.75, 3.05) is 11.9 Å². The number of carbonyl (C=O) groups is 2. The number of carbonyl (C=O) groups excluding carboxylic acids is 2. The lowest BCUT2D eigenvalue weighted by Crippen LogP contribution is -2.31. The molecule has 0 aliphatic heterocycles. The van der Waals surface area contributed by atoms with Gasteiger partial charge in [0.25, 0.3) is 0 Å². The average molecular weight is 365 g/mol. The van der Waals surface area contributed by atoms with E-state index in [1.165, 1.54) is 0 Å². The third-order valence-corrected chi connectivity index (χ3v) is 3.35. The predicted octanol–water partition coefficient (Wildman–Crippen LogP) is 2.19. The van der Waals surface area contributed by atoms with E-state index in [1.54, 1.807) is 18.2 Å². The molecule has 2 N–H and O–H groups in total. The van der Waals surface area contributed by atoms with Crippen molar-refractivity contribution in [2.24, 2.45) is 0 Å². The first-order chi connectivity index (χ1) is 8.02. The normalized spacial score (nSPS) is 9.53. The van der Waals surface area contributed by atoms with Crippen molar-refractivity contribution in [1.82, 2.24) is 5.32 Å². The number of rotatable bonds is 4. The van der Waals surface area contributed by atoms with Crippen LogP contribution in [0.5, 0.6) is 0 Å². The molecule has 1 rings (SSSR count). The van der Waals surface area contributed by atoms with Crippen LogP contribution in [-0.4, -0.2) is 18.4 Å². The summed E-state index contributed by atoms with van der Waals surface area (Å²) in [7, 11) is 0. The second-order valence-corrected chi connectivity index (χ2v) is 4.67. The zero-order chi connectivity index (χ0) is 12.8. The molecule has 0 bridgehead atoms. The van der Waals surface area contributed by atoms with Crippen molar-refractivity contribution in [3.05, 3.63) is 39.4 Å². The lowest BCUT2D eigenvalue weighted by atomic mass is 10.3. The van der Waals surface area contributed by atoms with E-state index in [2.05, 4.69) is 39.8 Å². The van der Waals surface area contributed by atoms with Gasteiger partial charge in [0, 0.05) is 9.26 Å².